The van der Waals surface area contributed by atoms with Gasteiger partial charge in [-0.2, -0.15) is 0 Å². The van der Waals surface area contributed by atoms with Crippen LogP contribution in [0.1, 0.15) is 28.5 Å². The fourth-order valence-electron chi connectivity index (χ4n) is 4.63. The van der Waals surface area contributed by atoms with Crippen molar-refractivity contribution in [2.45, 2.75) is 18.9 Å². The standard InChI is InChI=1S/C22H19ClN4O2/c23-17-3-1-15(2-4-17)18-5-6-20(28)27-12-14-9-16(21(18)27)13-26(11-14)22(29)19-10-24-7-8-25-19/h1-8,10,14,16H,9,11-13H2/t14-,16+/m0/s1. The summed E-state index contributed by atoms with van der Waals surface area (Å²) >= 11 is 6.05. The van der Waals surface area contributed by atoms with Crippen LogP contribution in [0.4, 0.5) is 0 Å². The minimum absolute atomic E-state index is 0.0149. The van der Waals surface area contributed by atoms with Crippen molar-refractivity contribution in [2.75, 3.05) is 13.1 Å². The molecule has 2 aromatic heterocycles. The summed E-state index contributed by atoms with van der Waals surface area (Å²) in [4.78, 5) is 35.6. The smallest absolute Gasteiger partial charge is 0.274 e. The predicted octanol–water partition coefficient (Wildman–Crippen LogP) is 3.22. The van der Waals surface area contributed by atoms with Gasteiger partial charge in [0, 0.05) is 60.3 Å². The molecule has 1 aromatic carbocycles. The van der Waals surface area contributed by atoms with E-state index in [9.17, 15) is 9.59 Å². The van der Waals surface area contributed by atoms with Crippen LogP contribution in [0.2, 0.25) is 5.02 Å². The molecule has 6 nitrogen and oxygen atoms in total. The number of pyridine rings is 1. The maximum atomic E-state index is 12.9. The van der Waals surface area contributed by atoms with Crippen LogP contribution in [0.5, 0.6) is 0 Å². The number of benzene rings is 1. The van der Waals surface area contributed by atoms with Crippen molar-refractivity contribution in [1.82, 2.24) is 19.4 Å². The topological polar surface area (TPSA) is 68.1 Å². The van der Waals surface area contributed by atoms with Gasteiger partial charge in [-0.25, -0.2) is 4.98 Å². The molecule has 7 heteroatoms. The minimum Gasteiger partial charge on any atom is -0.336 e. The Morgan fingerprint density at radius 3 is 2.62 bits per heavy atom. The lowest BCUT2D eigenvalue weighted by atomic mass is 9.80. The maximum absolute atomic E-state index is 12.9. The Hall–Kier alpha value is -2.99. The van der Waals surface area contributed by atoms with E-state index in [0.29, 0.717) is 30.4 Å². The molecule has 1 fully saturated rings. The summed E-state index contributed by atoms with van der Waals surface area (Å²) in [6, 6.07) is 11.2. The van der Waals surface area contributed by atoms with Gasteiger partial charge in [0.25, 0.3) is 11.5 Å². The van der Waals surface area contributed by atoms with Gasteiger partial charge in [-0.05, 0) is 36.1 Å². The number of amides is 1. The van der Waals surface area contributed by atoms with Crippen LogP contribution < -0.4 is 5.56 Å². The minimum atomic E-state index is -0.104. The number of piperidine rings is 1. The van der Waals surface area contributed by atoms with E-state index in [4.69, 9.17) is 11.6 Å². The lowest BCUT2D eigenvalue weighted by Gasteiger charge is -2.43. The average Bonchev–Trinajstić information content (AvgIpc) is 2.75. The van der Waals surface area contributed by atoms with Gasteiger partial charge in [0.05, 0.1) is 6.20 Å². The van der Waals surface area contributed by atoms with E-state index in [1.807, 2.05) is 39.8 Å². The van der Waals surface area contributed by atoms with Crippen molar-refractivity contribution < 1.29 is 4.79 Å². The van der Waals surface area contributed by atoms with Crippen LogP contribution in [0.25, 0.3) is 11.1 Å². The van der Waals surface area contributed by atoms with Crippen LogP contribution in [0.15, 0.2) is 59.8 Å². The second-order valence-corrected chi connectivity index (χ2v) is 8.12. The lowest BCUT2D eigenvalue weighted by molar-refractivity contribution is 0.0589. The van der Waals surface area contributed by atoms with E-state index in [1.165, 1.54) is 12.4 Å². The van der Waals surface area contributed by atoms with E-state index in [-0.39, 0.29) is 23.3 Å². The highest BCUT2D eigenvalue weighted by Crippen LogP contribution is 2.40. The van der Waals surface area contributed by atoms with Crippen molar-refractivity contribution >= 4 is 17.5 Å². The number of carbonyl (C=O) groups excluding carboxylic acids is 1. The molecule has 0 unspecified atom stereocenters. The van der Waals surface area contributed by atoms with Crippen molar-refractivity contribution in [3.63, 3.8) is 0 Å². The molecule has 29 heavy (non-hydrogen) atoms. The molecule has 1 amide bonds. The number of nitrogens with zero attached hydrogens (tertiary/aromatic N) is 4. The molecule has 0 saturated carbocycles. The summed E-state index contributed by atoms with van der Waals surface area (Å²) < 4.78 is 1.90. The Morgan fingerprint density at radius 2 is 1.86 bits per heavy atom. The quantitative estimate of drug-likeness (QED) is 0.655. The van der Waals surface area contributed by atoms with Crippen molar-refractivity contribution in [2.24, 2.45) is 5.92 Å². The van der Waals surface area contributed by atoms with Crippen molar-refractivity contribution in [3.05, 3.63) is 81.8 Å². The predicted molar refractivity (Wildman–Crippen MR) is 110 cm³/mol. The summed E-state index contributed by atoms with van der Waals surface area (Å²) in [5, 5.41) is 0.675. The Morgan fingerprint density at radius 1 is 1.03 bits per heavy atom. The Kier molecular flexibility index (Phi) is 4.43. The number of likely N-dealkylation sites (tertiary alicyclic amines) is 1. The fraction of sp³-hybridized carbons (Fsp3) is 0.273. The zero-order chi connectivity index (χ0) is 20.0. The molecule has 1 saturated heterocycles. The molecule has 2 aliphatic heterocycles. The largest absolute Gasteiger partial charge is 0.336 e. The van der Waals surface area contributed by atoms with E-state index >= 15 is 0 Å². The molecular weight excluding hydrogens is 388 g/mol. The summed E-state index contributed by atoms with van der Waals surface area (Å²) in [5.41, 5.74) is 3.43. The first-order valence-electron chi connectivity index (χ1n) is 9.65. The van der Waals surface area contributed by atoms with Gasteiger partial charge in [-0.1, -0.05) is 23.7 Å². The van der Waals surface area contributed by atoms with Crippen LogP contribution in [0, 0.1) is 5.92 Å². The van der Waals surface area contributed by atoms with E-state index in [1.54, 1.807) is 12.3 Å². The van der Waals surface area contributed by atoms with Gasteiger partial charge in [0.1, 0.15) is 5.69 Å². The van der Waals surface area contributed by atoms with Gasteiger partial charge in [-0.15, -0.1) is 0 Å². The molecule has 0 spiro atoms. The first-order chi connectivity index (χ1) is 14.1. The third-order valence-electron chi connectivity index (χ3n) is 5.81. The number of halogens is 1. The van der Waals surface area contributed by atoms with E-state index in [2.05, 4.69) is 9.97 Å². The summed E-state index contributed by atoms with van der Waals surface area (Å²) in [5.74, 6) is 0.246. The fourth-order valence-corrected chi connectivity index (χ4v) is 4.75. The molecule has 0 aliphatic carbocycles. The molecule has 4 heterocycles. The van der Waals surface area contributed by atoms with Crippen LogP contribution in [0.3, 0.4) is 0 Å². The SMILES string of the molecule is O=C(c1cnccn1)N1C[C@@H]2C[C@H](C1)c1c(-c3ccc(Cl)cc3)ccc(=O)n1C2. The Labute approximate surface area is 172 Å². The molecule has 5 rings (SSSR count). The first kappa shape index (κ1) is 18.1. The summed E-state index contributed by atoms with van der Waals surface area (Å²) in [7, 11) is 0. The number of hydrogen-bond donors (Lipinski definition) is 0. The summed E-state index contributed by atoms with van der Waals surface area (Å²) in [6.45, 7) is 1.81. The van der Waals surface area contributed by atoms with E-state index < -0.39 is 0 Å². The zero-order valence-corrected chi connectivity index (χ0v) is 16.4. The van der Waals surface area contributed by atoms with Crippen LogP contribution >= 0.6 is 11.6 Å². The third-order valence-corrected chi connectivity index (χ3v) is 6.07. The molecule has 0 N–H and O–H groups in total. The molecular formula is C22H19ClN4O2. The van der Waals surface area contributed by atoms with E-state index in [0.717, 1.165) is 23.2 Å². The van der Waals surface area contributed by atoms with Gasteiger partial charge in [0.15, 0.2) is 0 Å². The highest BCUT2D eigenvalue weighted by atomic mass is 35.5. The lowest BCUT2D eigenvalue weighted by Crippen LogP contribution is -2.49. The molecule has 0 radical (unpaired) electrons. The monoisotopic (exact) mass is 406 g/mol. The normalized spacial score (nSPS) is 20.2. The molecule has 2 bridgehead atoms. The molecule has 3 aromatic rings. The van der Waals surface area contributed by atoms with Gasteiger partial charge >= 0.3 is 0 Å². The zero-order valence-electron chi connectivity index (χ0n) is 15.7. The Balaban J connectivity index is 1.55. The number of aromatic nitrogens is 3. The van der Waals surface area contributed by atoms with Crippen molar-refractivity contribution in [1.29, 1.82) is 0 Å². The summed E-state index contributed by atoms with van der Waals surface area (Å²) in [6.07, 6.45) is 5.56. The number of rotatable bonds is 2. The highest BCUT2D eigenvalue weighted by molar-refractivity contribution is 6.30. The Bertz CT molecular complexity index is 1130. The van der Waals surface area contributed by atoms with Crippen LogP contribution in [-0.4, -0.2) is 38.4 Å². The third kappa shape index (κ3) is 3.23. The molecule has 146 valence electrons. The maximum Gasteiger partial charge on any atom is 0.274 e. The number of carbonyl (C=O) groups is 1. The van der Waals surface area contributed by atoms with Crippen molar-refractivity contribution in [3.8, 4) is 11.1 Å². The average molecular weight is 407 g/mol. The highest BCUT2D eigenvalue weighted by Gasteiger charge is 2.38. The van der Waals surface area contributed by atoms with Crippen LogP contribution in [-0.2, 0) is 6.54 Å². The molecule has 2 aliphatic rings. The second kappa shape index (κ2) is 7.12. The molecule has 2 atom stereocenters. The number of hydrogen-bond acceptors (Lipinski definition) is 4. The van der Waals surface area contributed by atoms with Gasteiger partial charge in [0.2, 0.25) is 0 Å². The van der Waals surface area contributed by atoms with Gasteiger partial charge in [-0.3, -0.25) is 14.6 Å². The second-order valence-electron chi connectivity index (χ2n) is 7.69. The number of fused-ring (bicyclic) bond motifs is 4. The van der Waals surface area contributed by atoms with Gasteiger partial charge < -0.3 is 9.47 Å². The first-order valence-corrected chi connectivity index (χ1v) is 10.0.